The number of anilines is 1. The molecule has 2 rings (SSSR count). The van der Waals surface area contributed by atoms with Crippen molar-refractivity contribution < 1.29 is 0 Å². The number of nitrogens with two attached hydrogens (primary N) is 1. The maximum absolute atomic E-state index is 5.56. The minimum Gasteiger partial charge on any atom is -0.384 e. The predicted octanol–water partition coefficient (Wildman–Crippen LogP) is 1.76. The minimum absolute atomic E-state index is 0.452. The van der Waals surface area contributed by atoms with Gasteiger partial charge in [-0.05, 0) is 24.3 Å². The molecule has 0 saturated heterocycles. The van der Waals surface area contributed by atoms with Crippen molar-refractivity contribution in [1.29, 1.82) is 0 Å². The van der Waals surface area contributed by atoms with Gasteiger partial charge in [-0.3, -0.25) is 4.98 Å². The summed E-state index contributed by atoms with van der Waals surface area (Å²) in [6.45, 7) is 3.63. The summed E-state index contributed by atoms with van der Waals surface area (Å²) in [5.41, 5.74) is 7.23. The van der Waals surface area contributed by atoms with Crippen molar-refractivity contribution in [2.75, 3.05) is 5.73 Å². The van der Waals surface area contributed by atoms with E-state index in [1.807, 2.05) is 12.1 Å². The molecule has 0 atom stereocenters. The number of hydrogen-bond donors (Lipinski definition) is 1. The molecule has 4 heteroatoms. The third kappa shape index (κ3) is 1.99. The molecule has 0 unspecified atom stereocenters. The highest BCUT2D eigenvalue weighted by molar-refractivity contribution is 5.56. The zero-order valence-corrected chi connectivity index (χ0v) is 8.09. The summed E-state index contributed by atoms with van der Waals surface area (Å²) < 4.78 is 0. The van der Waals surface area contributed by atoms with E-state index in [2.05, 4.69) is 21.5 Å². The molecule has 0 saturated carbocycles. The van der Waals surface area contributed by atoms with Crippen molar-refractivity contribution in [2.24, 2.45) is 0 Å². The molecule has 74 valence electrons. The van der Waals surface area contributed by atoms with Crippen LogP contribution in [0, 0.1) is 0 Å². The fourth-order valence-electron chi connectivity index (χ4n) is 1.17. The Morgan fingerprint density at radius 1 is 1.20 bits per heavy atom. The zero-order valence-electron chi connectivity index (χ0n) is 8.09. The average molecular weight is 198 g/mol. The third-order valence-electron chi connectivity index (χ3n) is 1.93. The Morgan fingerprint density at radius 2 is 2.07 bits per heavy atom. The van der Waals surface area contributed by atoms with Gasteiger partial charge >= 0.3 is 0 Å². The van der Waals surface area contributed by atoms with Crippen LogP contribution >= 0.6 is 0 Å². The zero-order chi connectivity index (χ0) is 10.7. The second-order valence-electron chi connectivity index (χ2n) is 2.98. The van der Waals surface area contributed by atoms with Crippen LogP contribution in [0.4, 0.5) is 5.82 Å². The lowest BCUT2D eigenvalue weighted by atomic mass is 10.2. The first-order chi connectivity index (χ1) is 7.29. The summed E-state index contributed by atoms with van der Waals surface area (Å²) in [5.74, 6) is 1.03. The van der Waals surface area contributed by atoms with Gasteiger partial charge in [-0.2, -0.15) is 0 Å². The van der Waals surface area contributed by atoms with Gasteiger partial charge in [-0.15, -0.1) is 0 Å². The van der Waals surface area contributed by atoms with Crippen molar-refractivity contribution >= 4 is 11.9 Å². The number of rotatable bonds is 2. The Labute approximate surface area is 87.5 Å². The Balaban J connectivity index is 2.41. The molecule has 2 heterocycles. The molecule has 0 aliphatic rings. The van der Waals surface area contributed by atoms with Crippen LogP contribution in [0.2, 0.25) is 0 Å². The number of pyridine rings is 1. The van der Waals surface area contributed by atoms with Crippen LogP contribution in [0.3, 0.4) is 0 Å². The molecule has 0 aliphatic heterocycles. The summed E-state index contributed by atoms with van der Waals surface area (Å²) in [4.78, 5) is 12.4. The molecule has 0 aliphatic carbocycles. The second kappa shape index (κ2) is 3.88. The van der Waals surface area contributed by atoms with Gasteiger partial charge in [0.15, 0.2) is 5.82 Å². The first kappa shape index (κ1) is 9.33. The lowest BCUT2D eigenvalue weighted by Gasteiger charge is -2.00. The first-order valence-corrected chi connectivity index (χ1v) is 4.47. The molecule has 2 aromatic rings. The molecule has 0 radical (unpaired) electrons. The Kier molecular flexibility index (Phi) is 2.41. The molecular weight excluding hydrogens is 188 g/mol. The van der Waals surface area contributed by atoms with E-state index < -0.39 is 0 Å². The van der Waals surface area contributed by atoms with Gasteiger partial charge in [0.1, 0.15) is 5.82 Å². The Morgan fingerprint density at radius 3 is 2.67 bits per heavy atom. The highest BCUT2D eigenvalue weighted by Crippen LogP contribution is 2.14. The van der Waals surface area contributed by atoms with Crippen molar-refractivity contribution in [1.82, 2.24) is 15.0 Å². The summed E-state index contributed by atoms with van der Waals surface area (Å²) in [5, 5.41) is 0. The van der Waals surface area contributed by atoms with Crippen molar-refractivity contribution in [2.45, 2.75) is 0 Å². The molecule has 0 spiro atoms. The molecular formula is C11H10N4. The molecule has 0 aromatic carbocycles. The van der Waals surface area contributed by atoms with Crippen LogP contribution in [0.1, 0.15) is 5.69 Å². The fraction of sp³-hybridized carbons (Fsp3) is 0. The van der Waals surface area contributed by atoms with Gasteiger partial charge < -0.3 is 5.73 Å². The van der Waals surface area contributed by atoms with Gasteiger partial charge in [0, 0.05) is 18.0 Å². The van der Waals surface area contributed by atoms with E-state index in [1.54, 1.807) is 24.5 Å². The Hall–Kier alpha value is -2.23. The van der Waals surface area contributed by atoms with Gasteiger partial charge in [0.25, 0.3) is 0 Å². The molecule has 0 fully saturated rings. The smallest absolute Gasteiger partial charge is 0.163 e. The number of aromatic nitrogens is 3. The van der Waals surface area contributed by atoms with Crippen molar-refractivity contribution in [3.63, 3.8) is 0 Å². The molecule has 0 bridgehead atoms. The van der Waals surface area contributed by atoms with Crippen LogP contribution in [0.5, 0.6) is 0 Å². The normalized spacial score (nSPS) is 9.87. The Bertz CT molecular complexity index is 476. The van der Waals surface area contributed by atoms with Crippen LogP contribution in [0.15, 0.2) is 37.2 Å². The highest BCUT2D eigenvalue weighted by Gasteiger charge is 2.01. The van der Waals surface area contributed by atoms with Gasteiger partial charge in [0.2, 0.25) is 0 Å². The summed E-state index contributed by atoms with van der Waals surface area (Å²) in [6.07, 6.45) is 5.01. The van der Waals surface area contributed by atoms with Gasteiger partial charge in [-0.1, -0.05) is 6.58 Å². The lowest BCUT2D eigenvalue weighted by molar-refractivity contribution is 1.17. The molecule has 2 aromatic heterocycles. The molecule has 0 amide bonds. The van der Waals surface area contributed by atoms with E-state index in [0.717, 1.165) is 11.3 Å². The van der Waals surface area contributed by atoms with Crippen LogP contribution in [-0.2, 0) is 0 Å². The fourth-order valence-corrected chi connectivity index (χ4v) is 1.17. The third-order valence-corrected chi connectivity index (χ3v) is 1.93. The maximum atomic E-state index is 5.56. The molecule has 2 N–H and O–H groups in total. The van der Waals surface area contributed by atoms with E-state index in [9.17, 15) is 0 Å². The summed E-state index contributed by atoms with van der Waals surface area (Å²) in [7, 11) is 0. The predicted molar refractivity (Wildman–Crippen MR) is 59.8 cm³/mol. The van der Waals surface area contributed by atoms with E-state index >= 15 is 0 Å². The van der Waals surface area contributed by atoms with Gasteiger partial charge in [-0.25, -0.2) is 9.97 Å². The lowest BCUT2D eigenvalue weighted by Crippen LogP contribution is -1.94. The van der Waals surface area contributed by atoms with Crippen LogP contribution < -0.4 is 5.73 Å². The summed E-state index contributed by atoms with van der Waals surface area (Å²) >= 11 is 0. The van der Waals surface area contributed by atoms with Gasteiger partial charge in [0.05, 0.1) is 5.69 Å². The molecule has 4 nitrogen and oxygen atoms in total. The van der Waals surface area contributed by atoms with E-state index in [0.29, 0.717) is 11.6 Å². The van der Waals surface area contributed by atoms with E-state index in [-0.39, 0.29) is 0 Å². The first-order valence-electron chi connectivity index (χ1n) is 4.47. The number of nitrogens with zero attached hydrogens (tertiary/aromatic N) is 3. The van der Waals surface area contributed by atoms with E-state index in [1.165, 1.54) is 0 Å². The highest BCUT2D eigenvalue weighted by atomic mass is 14.9. The second-order valence-corrected chi connectivity index (χ2v) is 2.98. The van der Waals surface area contributed by atoms with Crippen LogP contribution in [-0.4, -0.2) is 15.0 Å². The summed E-state index contributed by atoms with van der Waals surface area (Å²) in [6, 6.07) is 5.39. The number of nitrogen functional groups attached to an aromatic ring is 1. The minimum atomic E-state index is 0.452. The quantitative estimate of drug-likeness (QED) is 0.798. The number of hydrogen-bond acceptors (Lipinski definition) is 4. The monoisotopic (exact) mass is 198 g/mol. The SMILES string of the molecule is C=Cc1ccc(-c2nccc(N)n2)cn1. The van der Waals surface area contributed by atoms with E-state index in [4.69, 9.17) is 5.73 Å². The average Bonchev–Trinajstić information content (AvgIpc) is 2.29. The largest absolute Gasteiger partial charge is 0.384 e. The molecule has 15 heavy (non-hydrogen) atoms. The standard InChI is InChI=1S/C11H10N4/c1-2-9-4-3-8(7-14-9)11-13-6-5-10(12)15-11/h2-7H,1H2,(H2,12,13,15). The maximum Gasteiger partial charge on any atom is 0.163 e. The topological polar surface area (TPSA) is 64.7 Å². The van der Waals surface area contributed by atoms with Crippen molar-refractivity contribution in [3.8, 4) is 11.4 Å². The van der Waals surface area contributed by atoms with Crippen molar-refractivity contribution in [3.05, 3.63) is 42.9 Å². The van der Waals surface area contributed by atoms with Crippen LogP contribution in [0.25, 0.3) is 17.5 Å².